The van der Waals surface area contributed by atoms with E-state index in [1.807, 2.05) is 12.1 Å². The molecule has 0 saturated heterocycles. The van der Waals surface area contributed by atoms with E-state index in [0.29, 0.717) is 33.8 Å². The van der Waals surface area contributed by atoms with Crippen molar-refractivity contribution in [1.82, 2.24) is 0 Å². The van der Waals surface area contributed by atoms with Crippen LogP contribution in [-0.2, 0) is 10.3 Å². The Labute approximate surface area is 199 Å². The maximum atomic E-state index is 12.5. The maximum Gasteiger partial charge on any atom is 0.340 e. The Morgan fingerprint density at radius 2 is 1.30 bits per heavy atom. The third-order valence-corrected chi connectivity index (χ3v) is 4.68. The van der Waals surface area contributed by atoms with Gasteiger partial charge in [-0.3, -0.25) is 0 Å². The molecular weight excluding hydrogens is 366 g/mol. The number of hydrogen-bond donors (Lipinski definition) is 2. The van der Waals surface area contributed by atoms with Crippen molar-refractivity contribution in [2.45, 2.75) is 5.60 Å². The smallest absolute Gasteiger partial charge is 0.340 e. The first-order valence-corrected chi connectivity index (χ1v) is 7.77. The van der Waals surface area contributed by atoms with E-state index in [2.05, 4.69) is 0 Å². The summed E-state index contributed by atoms with van der Waals surface area (Å²) in [6, 6.07) is 16.6. The molecule has 0 saturated carbocycles. The first-order valence-electron chi connectivity index (χ1n) is 7.77. The number of esters is 1. The molecule has 0 amide bonds. The van der Waals surface area contributed by atoms with Gasteiger partial charge in [0, 0.05) is 87.9 Å². The number of rotatable bonds is 0. The van der Waals surface area contributed by atoms with Crippen LogP contribution < -0.4 is 4.74 Å². The molecule has 0 aromatic heterocycles. The number of carbonyl (C=O) groups excluding carboxylic acids is 1. The minimum absolute atomic E-state index is 0. The van der Waals surface area contributed by atoms with Crippen LogP contribution in [0.15, 0.2) is 60.7 Å². The molecule has 2 aliphatic heterocycles. The summed E-state index contributed by atoms with van der Waals surface area (Å²) >= 11 is 0. The minimum atomic E-state index is -1.17. The number of ether oxygens (including phenoxy) is 2. The number of phenols is 2. The van der Waals surface area contributed by atoms with E-state index in [9.17, 15) is 15.0 Å². The molecule has 0 bridgehead atoms. The van der Waals surface area contributed by atoms with Crippen molar-refractivity contribution in [3.8, 4) is 23.0 Å². The van der Waals surface area contributed by atoms with Gasteiger partial charge < -0.3 is 19.7 Å². The van der Waals surface area contributed by atoms with Gasteiger partial charge in [0.25, 0.3) is 0 Å². The Morgan fingerprint density at radius 3 is 1.89 bits per heavy atom. The van der Waals surface area contributed by atoms with Gasteiger partial charge in [-0.1, -0.05) is 18.2 Å². The summed E-state index contributed by atoms with van der Waals surface area (Å²) < 4.78 is 11.8. The summed E-state index contributed by atoms with van der Waals surface area (Å²) in [6.45, 7) is 0. The van der Waals surface area contributed by atoms with Crippen LogP contribution in [0.3, 0.4) is 0 Å². The second-order valence-electron chi connectivity index (χ2n) is 6.08. The fourth-order valence-electron chi connectivity index (χ4n) is 3.65. The van der Waals surface area contributed by atoms with Crippen molar-refractivity contribution in [3.05, 3.63) is 82.9 Å². The molecule has 7 heteroatoms. The second kappa shape index (κ2) is 7.17. The van der Waals surface area contributed by atoms with Crippen LogP contribution in [0.1, 0.15) is 27.0 Å². The normalized spacial score (nSPS) is 14.6. The molecule has 2 aliphatic rings. The minimum Gasteiger partial charge on any atom is -0.508 e. The van der Waals surface area contributed by atoms with Crippen molar-refractivity contribution >= 4 is 65.1 Å². The largest absolute Gasteiger partial charge is 0.508 e. The Morgan fingerprint density at radius 1 is 0.741 bits per heavy atom. The van der Waals surface area contributed by atoms with Gasteiger partial charge in [0.15, 0.2) is 5.60 Å². The zero-order valence-corrected chi connectivity index (χ0v) is 18.9. The predicted molar refractivity (Wildman–Crippen MR) is 99.5 cm³/mol. The van der Waals surface area contributed by atoms with Gasteiger partial charge in [-0.25, -0.2) is 4.79 Å². The molecule has 27 heavy (non-hydrogen) atoms. The molecule has 3 aromatic rings. The predicted octanol–water partition coefficient (Wildman–Crippen LogP) is 2.90. The molecule has 2 heterocycles. The van der Waals surface area contributed by atoms with E-state index < -0.39 is 11.6 Å². The molecule has 0 atom stereocenters. The van der Waals surface area contributed by atoms with E-state index in [1.54, 1.807) is 24.3 Å². The zero-order chi connectivity index (χ0) is 17.2. The molecule has 0 aliphatic carbocycles. The van der Waals surface area contributed by atoms with Gasteiger partial charge in [-0.05, 0) is 30.3 Å². The Bertz CT molecular complexity index is 1010. The summed E-state index contributed by atoms with van der Waals surface area (Å²) in [7, 11) is 0. The number of aromatic hydroxyl groups is 2. The topological polar surface area (TPSA) is 76.0 Å². The van der Waals surface area contributed by atoms with Crippen molar-refractivity contribution in [2.75, 3.05) is 0 Å². The molecule has 5 nitrogen and oxygen atoms in total. The summed E-state index contributed by atoms with van der Waals surface area (Å²) in [5, 5.41) is 19.7. The van der Waals surface area contributed by atoms with E-state index >= 15 is 0 Å². The molecule has 0 fully saturated rings. The summed E-state index contributed by atoms with van der Waals surface area (Å²) in [5.41, 5.74) is 1.28. The van der Waals surface area contributed by atoms with Gasteiger partial charge in [0.1, 0.15) is 23.0 Å². The van der Waals surface area contributed by atoms with Crippen molar-refractivity contribution < 1.29 is 24.5 Å². The van der Waals surface area contributed by atoms with E-state index in [0.717, 1.165) is 0 Å². The average molecular weight is 378 g/mol. The molecule has 124 valence electrons. The Balaban J connectivity index is 0.00000105. The fourth-order valence-corrected chi connectivity index (χ4v) is 3.65. The van der Waals surface area contributed by atoms with E-state index in [-0.39, 0.29) is 70.6 Å². The SMILES string of the molecule is O=C1OC2(c3ccc(O)cc3Oc3cc(O)ccc32)c2ccccc21.[Na].[Na]. The first-order chi connectivity index (χ1) is 12.1. The van der Waals surface area contributed by atoms with E-state index in [4.69, 9.17) is 9.47 Å². The second-order valence-corrected chi connectivity index (χ2v) is 6.08. The Hall–Kier alpha value is -1.47. The summed E-state index contributed by atoms with van der Waals surface area (Å²) in [5.74, 6) is 0.408. The summed E-state index contributed by atoms with van der Waals surface area (Å²) in [4.78, 5) is 12.5. The van der Waals surface area contributed by atoms with Crippen LogP contribution in [0.5, 0.6) is 23.0 Å². The maximum absolute atomic E-state index is 12.5. The molecule has 2 N–H and O–H groups in total. The summed E-state index contributed by atoms with van der Waals surface area (Å²) in [6.07, 6.45) is 0. The van der Waals surface area contributed by atoms with Crippen molar-refractivity contribution in [1.29, 1.82) is 0 Å². The van der Waals surface area contributed by atoms with Gasteiger partial charge >= 0.3 is 5.97 Å². The first kappa shape index (κ1) is 20.3. The van der Waals surface area contributed by atoms with Crippen molar-refractivity contribution in [3.63, 3.8) is 0 Å². The van der Waals surface area contributed by atoms with Crippen LogP contribution in [-0.4, -0.2) is 75.3 Å². The number of phenolic OH excluding ortho intramolecular Hbond substituents is 2. The molecule has 0 unspecified atom stereocenters. The third-order valence-electron chi connectivity index (χ3n) is 4.68. The standard InChI is InChI=1S/C20H12O5.2Na/c21-11-5-7-15-17(9-11)24-18-10-12(22)6-8-16(18)20(15)14-4-2-1-3-13(14)19(23)25-20;;/h1-10,21-22H;;. The van der Waals surface area contributed by atoms with E-state index in [1.165, 1.54) is 24.3 Å². The molecule has 2 radical (unpaired) electrons. The van der Waals surface area contributed by atoms with Gasteiger partial charge in [-0.2, -0.15) is 0 Å². The number of benzene rings is 3. The molecule has 3 aromatic carbocycles. The number of carbonyl (C=O) groups is 1. The number of hydrogen-bond acceptors (Lipinski definition) is 5. The van der Waals surface area contributed by atoms with Crippen LogP contribution in [0.25, 0.3) is 0 Å². The van der Waals surface area contributed by atoms with Gasteiger partial charge in [0.05, 0.1) is 5.56 Å². The zero-order valence-electron chi connectivity index (χ0n) is 14.9. The molecular formula is C20H12Na2O5. The monoisotopic (exact) mass is 378 g/mol. The molecule has 1 spiro atoms. The quantitative estimate of drug-likeness (QED) is 0.465. The average Bonchev–Trinajstić information content (AvgIpc) is 2.88. The third kappa shape index (κ3) is 2.81. The van der Waals surface area contributed by atoms with Gasteiger partial charge in [0.2, 0.25) is 0 Å². The van der Waals surface area contributed by atoms with Crippen molar-refractivity contribution in [2.24, 2.45) is 0 Å². The van der Waals surface area contributed by atoms with Crippen LogP contribution in [0, 0.1) is 0 Å². The Kier molecular flexibility index (Phi) is 5.38. The number of fused-ring (bicyclic) bond motifs is 6. The molecule has 5 rings (SSSR count). The van der Waals surface area contributed by atoms with Gasteiger partial charge in [-0.15, -0.1) is 0 Å². The van der Waals surface area contributed by atoms with Crippen LogP contribution in [0.4, 0.5) is 0 Å². The fraction of sp³-hybridized carbons (Fsp3) is 0.0500. The van der Waals surface area contributed by atoms with Crippen LogP contribution >= 0.6 is 0 Å². The van der Waals surface area contributed by atoms with Crippen LogP contribution in [0.2, 0.25) is 0 Å².